The third kappa shape index (κ3) is 3.74. The number of allylic oxidation sites excluding steroid dienone is 4. The quantitative estimate of drug-likeness (QED) is 0.254. The van der Waals surface area contributed by atoms with Crippen molar-refractivity contribution in [3.63, 3.8) is 0 Å². The van der Waals surface area contributed by atoms with Crippen LogP contribution in [0.2, 0.25) is 0 Å². The molecule has 0 fully saturated rings. The molecule has 0 saturated heterocycles. The van der Waals surface area contributed by atoms with Gasteiger partial charge in [-0.15, -0.1) is 0 Å². The molecular formula is C30H25SnZr. The van der Waals surface area contributed by atoms with Gasteiger partial charge >= 0.3 is 203 Å². The Labute approximate surface area is 201 Å². The van der Waals surface area contributed by atoms with Gasteiger partial charge in [0.05, 0.1) is 0 Å². The van der Waals surface area contributed by atoms with Gasteiger partial charge in [0.1, 0.15) is 0 Å². The standard InChI is InChI=1S/C13H9.2C6H5.C5H5.Sn.Zr.H/c1-3-7-12-10(5-1)9-11-6-2-4-8-13(11)12;2*1-2-4-6-5-3-1;1-2-4-5-3-1;;;/h1-5,7-8H,9H2;2*1-5H;1-3H,4H2;;;. The van der Waals surface area contributed by atoms with E-state index >= 15 is 0 Å². The summed E-state index contributed by atoms with van der Waals surface area (Å²) < 4.78 is 6.92. The summed E-state index contributed by atoms with van der Waals surface area (Å²) in [4.78, 5) is 0. The molecule has 0 aromatic heterocycles. The van der Waals surface area contributed by atoms with Crippen molar-refractivity contribution in [3.05, 3.63) is 136 Å². The molecule has 32 heavy (non-hydrogen) atoms. The fourth-order valence-corrected chi connectivity index (χ4v) is 54.9. The molecule has 4 aromatic carbocycles. The first kappa shape index (κ1) is 20.6. The first-order valence-corrected chi connectivity index (χ1v) is 28.4. The van der Waals surface area contributed by atoms with Crippen LogP contribution in [-0.4, -0.2) is 15.2 Å². The molecule has 153 valence electrons. The maximum atomic E-state index is 2.52. The molecule has 0 aliphatic heterocycles. The maximum absolute atomic E-state index is 2.52. The zero-order chi connectivity index (χ0) is 21.3. The van der Waals surface area contributed by atoms with E-state index in [4.69, 9.17) is 0 Å². The molecule has 0 spiro atoms. The second-order valence-electron chi connectivity index (χ2n) is 8.66. The average molecular weight is 595 g/mol. The predicted molar refractivity (Wildman–Crippen MR) is 135 cm³/mol. The minimum absolute atomic E-state index is 1.11. The van der Waals surface area contributed by atoms with Crippen molar-refractivity contribution in [2.24, 2.45) is 0 Å². The summed E-state index contributed by atoms with van der Waals surface area (Å²) in [5.74, 6) is 0. The summed E-state index contributed by atoms with van der Waals surface area (Å²) in [7, 11) is 0. The molecule has 0 N–H and O–H groups in total. The van der Waals surface area contributed by atoms with Gasteiger partial charge in [-0.2, -0.15) is 0 Å². The minimum atomic E-state index is -2.34. The van der Waals surface area contributed by atoms with E-state index in [9.17, 15) is 0 Å². The van der Waals surface area contributed by atoms with Gasteiger partial charge in [-0.05, 0) is 0 Å². The predicted octanol–water partition coefficient (Wildman–Crippen LogP) is 4.88. The Morgan fingerprint density at radius 2 is 1.28 bits per heavy atom. The van der Waals surface area contributed by atoms with Gasteiger partial charge in [-0.1, -0.05) is 0 Å². The van der Waals surface area contributed by atoms with E-state index in [1.54, 1.807) is 19.3 Å². The molecule has 0 radical (unpaired) electrons. The molecule has 6 rings (SSSR count). The van der Waals surface area contributed by atoms with Crippen molar-refractivity contribution in [1.29, 1.82) is 0 Å². The first-order chi connectivity index (χ1) is 15.9. The number of hydrogen-bond donors (Lipinski definition) is 0. The van der Waals surface area contributed by atoms with Gasteiger partial charge in [0.25, 0.3) is 0 Å². The van der Waals surface area contributed by atoms with Crippen LogP contribution < -0.4 is 10.4 Å². The fourth-order valence-electron chi connectivity index (χ4n) is 5.39. The van der Waals surface area contributed by atoms with Gasteiger partial charge in [-0.3, -0.25) is 0 Å². The third-order valence-corrected chi connectivity index (χ3v) is 51.7. The van der Waals surface area contributed by atoms with Crippen molar-refractivity contribution < 1.29 is 17.6 Å². The van der Waals surface area contributed by atoms with E-state index < -0.39 is 32.8 Å². The Bertz CT molecular complexity index is 1280. The van der Waals surface area contributed by atoms with Crippen molar-refractivity contribution in [3.8, 4) is 11.1 Å². The van der Waals surface area contributed by atoms with E-state index in [0.717, 1.165) is 6.42 Å². The summed E-state index contributed by atoms with van der Waals surface area (Å²) in [6.45, 7) is 0. The van der Waals surface area contributed by atoms with Crippen molar-refractivity contribution >= 4 is 25.7 Å². The Balaban J connectivity index is 1.57. The number of fused-ring (bicyclic) bond motifs is 3. The molecule has 2 aliphatic carbocycles. The normalized spacial score (nSPS) is 13.7. The van der Waals surface area contributed by atoms with Gasteiger partial charge < -0.3 is 0 Å². The van der Waals surface area contributed by atoms with Crippen LogP contribution >= 0.6 is 0 Å². The van der Waals surface area contributed by atoms with Crippen LogP contribution in [0.5, 0.6) is 0 Å². The van der Waals surface area contributed by atoms with Gasteiger partial charge in [-0.25, -0.2) is 0 Å². The summed E-state index contributed by atoms with van der Waals surface area (Å²) >= 11 is -4.51. The summed E-state index contributed by atoms with van der Waals surface area (Å²) in [6, 6.07) is 39.4. The van der Waals surface area contributed by atoms with E-state index in [0.29, 0.717) is 0 Å². The van der Waals surface area contributed by atoms with Crippen LogP contribution in [-0.2, 0) is 24.0 Å². The molecule has 0 nitrogen and oxygen atoms in total. The monoisotopic (exact) mass is 595 g/mol. The van der Waals surface area contributed by atoms with Crippen LogP contribution in [0.3, 0.4) is 0 Å². The summed E-state index contributed by atoms with van der Waals surface area (Å²) in [5.41, 5.74) is 6.09. The molecular weight excluding hydrogens is 570 g/mol. The van der Waals surface area contributed by atoms with Gasteiger partial charge in [0.15, 0.2) is 0 Å². The fraction of sp³-hybridized carbons (Fsp3) is 0.0667. The van der Waals surface area contributed by atoms with E-state index in [2.05, 4.69) is 121 Å². The second kappa shape index (κ2) is 9.12. The summed E-state index contributed by atoms with van der Waals surface area (Å²) in [6.07, 6.45) is 9.46. The molecule has 0 atom stereocenters. The van der Waals surface area contributed by atoms with E-state index in [-0.39, 0.29) is 0 Å². The topological polar surface area (TPSA) is 0 Å². The van der Waals surface area contributed by atoms with Gasteiger partial charge in [0.2, 0.25) is 0 Å². The van der Waals surface area contributed by atoms with Gasteiger partial charge in [0, 0.05) is 0 Å². The Kier molecular flexibility index (Phi) is 5.88. The van der Waals surface area contributed by atoms with Crippen molar-refractivity contribution in [2.45, 2.75) is 12.8 Å². The zero-order valence-electron chi connectivity index (χ0n) is 18.0. The third-order valence-electron chi connectivity index (χ3n) is 6.81. The molecule has 2 heteroatoms. The van der Waals surface area contributed by atoms with Crippen molar-refractivity contribution in [1.82, 2.24) is 0 Å². The van der Waals surface area contributed by atoms with E-state index in [1.165, 1.54) is 23.1 Å². The first-order valence-electron chi connectivity index (χ1n) is 11.4. The number of benzene rings is 4. The van der Waals surface area contributed by atoms with E-state index in [1.807, 2.05) is 0 Å². The Morgan fingerprint density at radius 3 is 1.97 bits per heavy atom. The number of hydrogen-bond acceptors (Lipinski definition) is 0. The molecule has 4 aromatic rings. The Morgan fingerprint density at radius 1 is 0.625 bits per heavy atom. The van der Waals surface area contributed by atoms with Crippen LogP contribution in [0.15, 0.2) is 125 Å². The van der Waals surface area contributed by atoms with Crippen LogP contribution in [0.1, 0.15) is 17.5 Å². The van der Waals surface area contributed by atoms with Crippen LogP contribution in [0, 0.1) is 0 Å². The Hall–Kier alpha value is -1.96. The van der Waals surface area contributed by atoms with Crippen LogP contribution in [0.25, 0.3) is 11.1 Å². The summed E-state index contributed by atoms with van der Waals surface area (Å²) in [5, 5.41) is 0. The average Bonchev–Trinajstić information content (AvgIpc) is 3.52. The molecule has 2 aliphatic rings. The van der Waals surface area contributed by atoms with Crippen LogP contribution in [0.4, 0.5) is 0 Å². The molecule has 0 saturated carbocycles. The zero-order valence-corrected chi connectivity index (χ0v) is 23.8. The van der Waals surface area contributed by atoms with Crippen molar-refractivity contribution in [2.75, 3.05) is 0 Å². The molecule has 0 bridgehead atoms. The molecule has 0 unspecified atom stereocenters. The SMILES string of the molecule is C1=CC[C]([Zr]([c]2cccc3c2Cc2ccccc2-3)[SnH]([c]2ccccc2)[c]2ccccc2)=C1. The number of rotatable bonds is 5. The molecule has 0 amide bonds. The molecule has 0 heterocycles. The second-order valence-corrected chi connectivity index (χ2v) is 39.1.